The molecule has 1 heterocycles. The van der Waals surface area contributed by atoms with Crippen LogP contribution in [0.4, 0.5) is 21.9 Å². The maximum absolute atomic E-state index is 12.0. The second-order valence-electron chi connectivity index (χ2n) is 6.04. The Kier molecular flexibility index (Phi) is 4.83. The van der Waals surface area contributed by atoms with Crippen molar-refractivity contribution in [3.63, 3.8) is 0 Å². The number of piperidine rings is 1. The van der Waals surface area contributed by atoms with E-state index in [0.29, 0.717) is 5.69 Å². The van der Waals surface area contributed by atoms with Crippen molar-refractivity contribution in [1.82, 2.24) is 0 Å². The monoisotopic (exact) mass is 343 g/mol. The van der Waals surface area contributed by atoms with Crippen LogP contribution in [0.5, 0.6) is 17.2 Å². The Morgan fingerprint density at radius 1 is 0.840 bits per heavy atom. The summed E-state index contributed by atoms with van der Waals surface area (Å²) in [6, 6.07) is 9.38. The van der Waals surface area contributed by atoms with Crippen LogP contribution in [0.15, 0.2) is 36.4 Å². The molecule has 1 fully saturated rings. The Balaban J connectivity index is 1.61. The highest BCUT2D eigenvalue weighted by molar-refractivity contribution is 6.00. The van der Waals surface area contributed by atoms with Gasteiger partial charge in [0, 0.05) is 36.6 Å². The number of amides is 2. The molecular formula is C18H21N3O4. The SMILES string of the molecule is O=C(Nc1ccc(N2CCCCC2)cc1)Nc1cc(O)c(O)c(O)c1. The summed E-state index contributed by atoms with van der Waals surface area (Å²) in [5, 5.41) is 33.4. The van der Waals surface area contributed by atoms with Crippen molar-refractivity contribution in [1.29, 1.82) is 0 Å². The molecule has 1 saturated heterocycles. The molecule has 0 unspecified atom stereocenters. The molecule has 2 amide bonds. The molecule has 0 saturated carbocycles. The van der Waals surface area contributed by atoms with E-state index in [9.17, 15) is 20.1 Å². The van der Waals surface area contributed by atoms with Crippen molar-refractivity contribution in [2.24, 2.45) is 0 Å². The number of carbonyl (C=O) groups excluding carboxylic acids is 1. The first kappa shape index (κ1) is 16.8. The standard InChI is InChI=1S/C18H21N3O4/c22-15-10-13(11-16(23)17(15)24)20-18(25)19-12-4-6-14(7-5-12)21-8-2-1-3-9-21/h4-7,10-11,22-24H,1-3,8-9H2,(H2,19,20,25). The van der Waals surface area contributed by atoms with Crippen molar-refractivity contribution in [2.75, 3.05) is 28.6 Å². The number of urea groups is 1. The van der Waals surface area contributed by atoms with Gasteiger partial charge in [-0.1, -0.05) is 0 Å². The highest BCUT2D eigenvalue weighted by atomic mass is 16.3. The normalized spacial score (nSPS) is 14.2. The zero-order valence-corrected chi connectivity index (χ0v) is 13.7. The minimum Gasteiger partial charge on any atom is -0.504 e. The first-order valence-electron chi connectivity index (χ1n) is 8.21. The number of nitrogens with one attached hydrogen (secondary N) is 2. The van der Waals surface area contributed by atoms with Crippen molar-refractivity contribution in [3.05, 3.63) is 36.4 Å². The van der Waals surface area contributed by atoms with Crippen molar-refractivity contribution in [2.45, 2.75) is 19.3 Å². The van der Waals surface area contributed by atoms with Crippen LogP contribution in [0.2, 0.25) is 0 Å². The molecule has 5 N–H and O–H groups in total. The molecule has 0 aromatic heterocycles. The number of hydrogen-bond acceptors (Lipinski definition) is 5. The highest BCUT2D eigenvalue weighted by Crippen LogP contribution is 2.37. The van der Waals surface area contributed by atoms with Gasteiger partial charge >= 0.3 is 6.03 Å². The number of phenolic OH excluding ortho intramolecular Hbond substituents is 3. The van der Waals surface area contributed by atoms with E-state index < -0.39 is 23.3 Å². The number of anilines is 3. The summed E-state index contributed by atoms with van der Waals surface area (Å²) < 4.78 is 0. The summed E-state index contributed by atoms with van der Waals surface area (Å²) in [4.78, 5) is 14.3. The van der Waals surface area contributed by atoms with Crippen LogP contribution in [0.25, 0.3) is 0 Å². The van der Waals surface area contributed by atoms with E-state index in [1.807, 2.05) is 24.3 Å². The summed E-state index contributed by atoms with van der Waals surface area (Å²) >= 11 is 0. The molecule has 1 aliphatic rings. The lowest BCUT2D eigenvalue weighted by Crippen LogP contribution is -2.29. The molecule has 7 nitrogen and oxygen atoms in total. The molecule has 3 rings (SSSR count). The minimum absolute atomic E-state index is 0.162. The summed E-state index contributed by atoms with van der Waals surface area (Å²) in [5.41, 5.74) is 1.93. The van der Waals surface area contributed by atoms with Gasteiger partial charge in [0.15, 0.2) is 17.2 Å². The van der Waals surface area contributed by atoms with Gasteiger partial charge in [-0.25, -0.2) is 4.79 Å². The Morgan fingerprint density at radius 3 is 2.00 bits per heavy atom. The molecule has 0 spiro atoms. The first-order chi connectivity index (χ1) is 12.0. The lowest BCUT2D eigenvalue weighted by Gasteiger charge is -2.28. The lowest BCUT2D eigenvalue weighted by atomic mass is 10.1. The van der Waals surface area contributed by atoms with Crippen LogP contribution in [0, 0.1) is 0 Å². The van der Waals surface area contributed by atoms with E-state index in [4.69, 9.17) is 0 Å². The quantitative estimate of drug-likeness (QED) is 0.434. The molecule has 1 aliphatic heterocycles. The van der Waals surface area contributed by atoms with Gasteiger partial charge in [-0.05, 0) is 43.5 Å². The van der Waals surface area contributed by atoms with Gasteiger partial charge in [0.1, 0.15) is 0 Å². The fraction of sp³-hybridized carbons (Fsp3) is 0.278. The molecule has 0 bridgehead atoms. The van der Waals surface area contributed by atoms with Crippen molar-refractivity contribution in [3.8, 4) is 17.2 Å². The predicted octanol–water partition coefficient (Wildman–Crippen LogP) is 3.44. The number of carbonyl (C=O) groups is 1. The average molecular weight is 343 g/mol. The zero-order chi connectivity index (χ0) is 17.8. The molecule has 2 aromatic rings. The third-order valence-electron chi connectivity index (χ3n) is 4.17. The van der Waals surface area contributed by atoms with Crippen LogP contribution >= 0.6 is 0 Å². The van der Waals surface area contributed by atoms with E-state index in [1.165, 1.54) is 19.3 Å². The maximum Gasteiger partial charge on any atom is 0.323 e. The Labute approximate surface area is 145 Å². The fourth-order valence-corrected chi connectivity index (χ4v) is 2.88. The maximum atomic E-state index is 12.0. The van der Waals surface area contributed by atoms with E-state index in [-0.39, 0.29) is 5.69 Å². The number of aromatic hydroxyl groups is 3. The second-order valence-corrected chi connectivity index (χ2v) is 6.04. The number of phenols is 3. The zero-order valence-electron chi connectivity index (χ0n) is 13.7. The van der Waals surface area contributed by atoms with E-state index in [1.54, 1.807) is 0 Å². The summed E-state index contributed by atoms with van der Waals surface area (Å²) in [7, 11) is 0. The third-order valence-corrected chi connectivity index (χ3v) is 4.17. The molecule has 0 radical (unpaired) electrons. The van der Waals surface area contributed by atoms with Crippen LogP contribution in [-0.4, -0.2) is 34.4 Å². The molecule has 2 aromatic carbocycles. The molecule has 7 heteroatoms. The van der Waals surface area contributed by atoms with Crippen molar-refractivity contribution >= 4 is 23.1 Å². The second kappa shape index (κ2) is 7.21. The molecule has 132 valence electrons. The fourth-order valence-electron chi connectivity index (χ4n) is 2.88. The molecular weight excluding hydrogens is 322 g/mol. The number of benzene rings is 2. The van der Waals surface area contributed by atoms with Gasteiger partial charge in [-0.2, -0.15) is 0 Å². The van der Waals surface area contributed by atoms with Crippen LogP contribution in [0.3, 0.4) is 0 Å². The van der Waals surface area contributed by atoms with Gasteiger partial charge in [-0.3, -0.25) is 0 Å². The lowest BCUT2D eigenvalue weighted by molar-refractivity contribution is 0.262. The van der Waals surface area contributed by atoms with Gasteiger partial charge in [0.25, 0.3) is 0 Å². The summed E-state index contributed by atoms with van der Waals surface area (Å²) in [6.45, 7) is 2.11. The van der Waals surface area contributed by atoms with Gasteiger partial charge in [-0.15, -0.1) is 0 Å². The van der Waals surface area contributed by atoms with Gasteiger partial charge < -0.3 is 30.9 Å². The first-order valence-corrected chi connectivity index (χ1v) is 8.21. The third kappa shape index (κ3) is 4.06. The molecule has 25 heavy (non-hydrogen) atoms. The predicted molar refractivity (Wildman–Crippen MR) is 96.6 cm³/mol. The number of rotatable bonds is 3. The average Bonchev–Trinajstić information content (AvgIpc) is 2.61. The molecule has 0 aliphatic carbocycles. The Bertz CT molecular complexity index is 732. The van der Waals surface area contributed by atoms with Gasteiger partial charge in [0.2, 0.25) is 0 Å². The Morgan fingerprint density at radius 2 is 1.40 bits per heavy atom. The highest BCUT2D eigenvalue weighted by Gasteiger charge is 2.12. The largest absolute Gasteiger partial charge is 0.504 e. The molecule has 0 atom stereocenters. The van der Waals surface area contributed by atoms with E-state index in [2.05, 4.69) is 15.5 Å². The number of nitrogens with zero attached hydrogens (tertiary/aromatic N) is 1. The number of hydrogen-bond donors (Lipinski definition) is 5. The van der Waals surface area contributed by atoms with E-state index in [0.717, 1.165) is 30.9 Å². The minimum atomic E-state index is -0.626. The van der Waals surface area contributed by atoms with Gasteiger partial charge in [0.05, 0.1) is 5.69 Å². The van der Waals surface area contributed by atoms with E-state index >= 15 is 0 Å². The smallest absolute Gasteiger partial charge is 0.323 e. The van der Waals surface area contributed by atoms with Crippen LogP contribution in [-0.2, 0) is 0 Å². The van der Waals surface area contributed by atoms with Crippen LogP contribution in [0.1, 0.15) is 19.3 Å². The van der Waals surface area contributed by atoms with Crippen molar-refractivity contribution < 1.29 is 20.1 Å². The van der Waals surface area contributed by atoms with Crippen LogP contribution < -0.4 is 15.5 Å². The topological polar surface area (TPSA) is 105 Å². The summed E-state index contributed by atoms with van der Waals surface area (Å²) in [5.74, 6) is -1.65. The summed E-state index contributed by atoms with van der Waals surface area (Å²) in [6.07, 6.45) is 3.68. The Hall–Kier alpha value is -3.09.